The van der Waals surface area contributed by atoms with Crippen LogP contribution in [0.1, 0.15) is 34.0 Å². The molecule has 0 bridgehead atoms. The Morgan fingerprint density at radius 2 is 1.70 bits per heavy atom. The summed E-state index contributed by atoms with van der Waals surface area (Å²) in [6, 6.07) is 22.5. The van der Waals surface area contributed by atoms with Crippen molar-refractivity contribution in [3.05, 3.63) is 100 Å². The maximum absolute atomic E-state index is 13.5. The van der Waals surface area contributed by atoms with E-state index in [0.717, 1.165) is 16.7 Å². The Bertz CT molecular complexity index is 1090. The zero-order valence-corrected chi connectivity index (χ0v) is 17.7. The third-order valence-electron chi connectivity index (χ3n) is 5.63. The summed E-state index contributed by atoms with van der Waals surface area (Å²) < 4.78 is 0. The number of anilines is 1. The fourth-order valence-electron chi connectivity index (χ4n) is 3.93. The van der Waals surface area contributed by atoms with Crippen LogP contribution in [0.5, 0.6) is 0 Å². The van der Waals surface area contributed by atoms with Crippen molar-refractivity contribution >= 4 is 29.1 Å². The van der Waals surface area contributed by atoms with Crippen molar-refractivity contribution in [3.63, 3.8) is 0 Å². The molecule has 1 N–H and O–H groups in total. The monoisotopic (exact) mass is 418 g/mol. The zero-order chi connectivity index (χ0) is 21.3. The first-order valence-corrected chi connectivity index (χ1v) is 10.3. The Morgan fingerprint density at radius 1 is 1.03 bits per heavy atom. The summed E-state index contributed by atoms with van der Waals surface area (Å²) in [5.41, 5.74) is 3.23. The van der Waals surface area contributed by atoms with Gasteiger partial charge in [0.05, 0.1) is 0 Å². The van der Waals surface area contributed by atoms with E-state index in [0.29, 0.717) is 29.2 Å². The van der Waals surface area contributed by atoms with E-state index < -0.39 is 5.54 Å². The normalized spacial score (nSPS) is 18.1. The molecule has 0 radical (unpaired) electrons. The summed E-state index contributed by atoms with van der Waals surface area (Å²) in [4.78, 5) is 28.5. The third-order valence-corrected chi connectivity index (χ3v) is 5.88. The number of carbonyl (C=O) groups is 2. The first kappa shape index (κ1) is 20.2. The zero-order valence-electron chi connectivity index (χ0n) is 17.0. The summed E-state index contributed by atoms with van der Waals surface area (Å²) in [5.74, 6) is -0.356. The second-order valence-electron chi connectivity index (χ2n) is 7.89. The number of nitrogens with zero attached hydrogens (tertiary/aromatic N) is 1. The fraction of sp³-hybridized carbons (Fsp3) is 0.200. The fourth-order valence-corrected chi connectivity index (χ4v) is 4.06. The van der Waals surface area contributed by atoms with Gasteiger partial charge in [-0.2, -0.15) is 0 Å². The molecule has 0 fully saturated rings. The number of hydrogen-bond donors (Lipinski definition) is 1. The summed E-state index contributed by atoms with van der Waals surface area (Å²) in [6.45, 7) is 4.19. The summed E-state index contributed by atoms with van der Waals surface area (Å²) in [7, 11) is 0. The Kier molecular flexibility index (Phi) is 5.35. The number of carbonyl (C=O) groups excluding carboxylic acids is 2. The average Bonchev–Trinajstić information content (AvgIpc) is 2.74. The highest BCUT2D eigenvalue weighted by atomic mass is 35.5. The molecule has 5 heteroatoms. The van der Waals surface area contributed by atoms with Gasteiger partial charge in [0, 0.05) is 29.2 Å². The number of aryl methyl sites for hydroxylation is 1. The van der Waals surface area contributed by atoms with E-state index in [9.17, 15) is 9.59 Å². The molecular weight excluding hydrogens is 396 g/mol. The molecular formula is C25H23ClN2O2. The molecule has 0 spiro atoms. The van der Waals surface area contributed by atoms with Crippen LogP contribution in [0.25, 0.3) is 0 Å². The van der Waals surface area contributed by atoms with Gasteiger partial charge in [-0.25, -0.2) is 0 Å². The van der Waals surface area contributed by atoms with Crippen molar-refractivity contribution < 1.29 is 9.59 Å². The van der Waals surface area contributed by atoms with E-state index in [4.69, 9.17) is 11.6 Å². The lowest BCUT2D eigenvalue weighted by Crippen LogP contribution is -2.63. The van der Waals surface area contributed by atoms with Crippen LogP contribution in [0.3, 0.4) is 0 Å². The lowest BCUT2D eigenvalue weighted by molar-refractivity contribution is -0.126. The molecule has 4 rings (SSSR count). The van der Waals surface area contributed by atoms with Gasteiger partial charge in [0.15, 0.2) is 0 Å². The average molecular weight is 419 g/mol. The minimum Gasteiger partial charge on any atom is -0.350 e. The second-order valence-corrected chi connectivity index (χ2v) is 8.33. The van der Waals surface area contributed by atoms with Crippen molar-refractivity contribution in [1.82, 2.24) is 5.32 Å². The van der Waals surface area contributed by atoms with Crippen LogP contribution in [-0.2, 0) is 17.8 Å². The molecule has 30 heavy (non-hydrogen) atoms. The largest absolute Gasteiger partial charge is 0.350 e. The van der Waals surface area contributed by atoms with E-state index in [2.05, 4.69) is 5.32 Å². The first-order valence-electron chi connectivity index (χ1n) is 9.90. The van der Waals surface area contributed by atoms with Crippen LogP contribution < -0.4 is 10.2 Å². The van der Waals surface area contributed by atoms with Gasteiger partial charge >= 0.3 is 0 Å². The molecule has 1 heterocycles. The third kappa shape index (κ3) is 3.71. The topological polar surface area (TPSA) is 49.4 Å². The molecule has 3 aromatic carbocycles. The van der Waals surface area contributed by atoms with Gasteiger partial charge in [0.2, 0.25) is 5.91 Å². The van der Waals surface area contributed by atoms with Gasteiger partial charge < -0.3 is 5.32 Å². The molecule has 3 aromatic rings. The molecule has 4 nitrogen and oxygen atoms in total. The SMILES string of the molecule is Cc1ccc(N2C(=O)c3ccccc3C[C@]2(C)C(=O)NCc2ccc(Cl)cc2)cc1. The standard InChI is InChI=1S/C25H23ClN2O2/c1-17-7-13-21(14-8-17)28-23(29)22-6-4-3-5-19(22)15-25(28,2)24(30)27-16-18-9-11-20(26)12-10-18/h3-14H,15-16H2,1-2H3,(H,27,30)/t25-/m1/s1. The Balaban J connectivity index is 1.69. The van der Waals surface area contributed by atoms with Crippen LogP contribution in [0.15, 0.2) is 72.8 Å². The molecule has 2 amide bonds. The molecule has 0 saturated heterocycles. The lowest BCUT2D eigenvalue weighted by atomic mass is 9.82. The van der Waals surface area contributed by atoms with Gasteiger partial charge in [-0.15, -0.1) is 0 Å². The van der Waals surface area contributed by atoms with Crippen LogP contribution in [0.2, 0.25) is 5.02 Å². The number of amides is 2. The van der Waals surface area contributed by atoms with Gasteiger partial charge in [-0.1, -0.05) is 59.6 Å². The first-order chi connectivity index (χ1) is 14.4. The minimum absolute atomic E-state index is 0.162. The number of halogens is 1. The van der Waals surface area contributed by atoms with Crippen LogP contribution in [-0.4, -0.2) is 17.4 Å². The van der Waals surface area contributed by atoms with Gasteiger partial charge in [-0.05, 0) is 55.3 Å². The highest BCUT2D eigenvalue weighted by Gasteiger charge is 2.47. The quantitative estimate of drug-likeness (QED) is 0.653. The summed E-state index contributed by atoms with van der Waals surface area (Å²) >= 11 is 5.95. The highest BCUT2D eigenvalue weighted by molar-refractivity contribution is 6.30. The maximum Gasteiger partial charge on any atom is 0.259 e. The number of hydrogen-bond acceptors (Lipinski definition) is 2. The van der Waals surface area contributed by atoms with Gasteiger partial charge in [-0.3, -0.25) is 14.5 Å². The molecule has 0 aromatic heterocycles. The molecule has 1 atom stereocenters. The molecule has 1 aliphatic heterocycles. The smallest absolute Gasteiger partial charge is 0.259 e. The van der Waals surface area contributed by atoms with Gasteiger partial charge in [0.25, 0.3) is 5.91 Å². The lowest BCUT2D eigenvalue weighted by Gasteiger charge is -2.44. The van der Waals surface area contributed by atoms with E-state index >= 15 is 0 Å². The van der Waals surface area contributed by atoms with Crippen molar-refractivity contribution in [1.29, 1.82) is 0 Å². The van der Waals surface area contributed by atoms with Crippen LogP contribution in [0, 0.1) is 6.92 Å². The van der Waals surface area contributed by atoms with E-state index in [1.165, 1.54) is 0 Å². The van der Waals surface area contributed by atoms with E-state index in [1.54, 1.807) is 17.0 Å². The predicted molar refractivity (Wildman–Crippen MR) is 120 cm³/mol. The Labute approximate surface area is 181 Å². The molecule has 152 valence electrons. The van der Waals surface area contributed by atoms with Crippen molar-refractivity contribution in [2.24, 2.45) is 0 Å². The van der Waals surface area contributed by atoms with E-state index in [-0.39, 0.29) is 11.8 Å². The summed E-state index contributed by atoms with van der Waals surface area (Å²) in [5, 5.41) is 3.67. The highest BCUT2D eigenvalue weighted by Crippen LogP contribution is 2.35. The van der Waals surface area contributed by atoms with Crippen molar-refractivity contribution in [2.45, 2.75) is 32.4 Å². The molecule has 0 saturated carbocycles. The van der Waals surface area contributed by atoms with Gasteiger partial charge in [0.1, 0.15) is 5.54 Å². The number of rotatable bonds is 4. The summed E-state index contributed by atoms with van der Waals surface area (Å²) in [6.07, 6.45) is 0.440. The minimum atomic E-state index is -1.05. The number of fused-ring (bicyclic) bond motifs is 1. The van der Waals surface area contributed by atoms with Crippen molar-refractivity contribution in [3.8, 4) is 0 Å². The molecule has 0 aliphatic carbocycles. The second kappa shape index (κ2) is 7.96. The molecule has 0 unspecified atom stereocenters. The predicted octanol–water partition coefficient (Wildman–Crippen LogP) is 4.93. The number of nitrogens with one attached hydrogen (secondary N) is 1. The maximum atomic E-state index is 13.5. The van der Waals surface area contributed by atoms with E-state index in [1.807, 2.05) is 74.5 Å². The van der Waals surface area contributed by atoms with Crippen LogP contribution in [0.4, 0.5) is 5.69 Å². The number of benzene rings is 3. The molecule has 1 aliphatic rings. The van der Waals surface area contributed by atoms with Crippen LogP contribution >= 0.6 is 11.6 Å². The Hall–Kier alpha value is -3.11. The Morgan fingerprint density at radius 3 is 2.40 bits per heavy atom. The van der Waals surface area contributed by atoms with Crippen molar-refractivity contribution in [2.75, 3.05) is 4.90 Å².